The van der Waals surface area contributed by atoms with Gasteiger partial charge in [-0.15, -0.1) is 15.3 Å². The molecule has 0 aliphatic heterocycles. The lowest BCUT2D eigenvalue weighted by atomic mass is 10.1. The van der Waals surface area contributed by atoms with Crippen LogP contribution in [-0.2, 0) is 0 Å². The van der Waals surface area contributed by atoms with E-state index in [1.807, 2.05) is 41.5 Å². The fourth-order valence-corrected chi connectivity index (χ4v) is 2.20. The standard InChI is InChI=1S/C6H9N3O2.C5H9N3.C5H8N2O2.C4H8N4/c1-3(2)4-5(6(10)11)8-9-7-4;1-4(2)5-6-3-7-8-5;1-3(2)4-6-5(8)9-7-4;1-3(2)4-5-7-8-6-4/h3H,1-2H3,(H,10,11)(H,7,8,9);3-4H,1-2H3,(H,6,7,8);3H,1-2H3,(H,6,7,8);3H,1-2H3,(H,5,6,7,8). The molecule has 198 valence electrons. The molecule has 4 heterocycles. The fraction of sp³-hybridized carbons (Fsp3) is 0.600. The smallest absolute Gasteiger partial charge is 0.438 e. The van der Waals surface area contributed by atoms with Crippen LogP contribution in [0, 0.1) is 0 Å². The van der Waals surface area contributed by atoms with Gasteiger partial charge >= 0.3 is 11.7 Å². The molecule has 0 aromatic carbocycles. The number of hydrogen-bond donors (Lipinski definition) is 5. The number of rotatable bonds is 5. The lowest BCUT2D eigenvalue weighted by Crippen LogP contribution is -2.02. The van der Waals surface area contributed by atoms with Gasteiger partial charge in [-0.25, -0.2) is 14.6 Å². The molecule has 4 rings (SSSR count). The van der Waals surface area contributed by atoms with Gasteiger partial charge in [-0.2, -0.15) is 20.6 Å². The Morgan fingerprint density at radius 3 is 1.83 bits per heavy atom. The first-order valence-corrected chi connectivity index (χ1v) is 11.2. The molecule has 5 N–H and O–H groups in total. The van der Waals surface area contributed by atoms with Crippen LogP contribution in [0.5, 0.6) is 0 Å². The molecule has 36 heavy (non-hydrogen) atoms. The Labute approximate surface area is 207 Å². The summed E-state index contributed by atoms with van der Waals surface area (Å²) in [6.07, 6.45) is 1.52. The summed E-state index contributed by atoms with van der Waals surface area (Å²) in [6.45, 7) is 15.8. The number of aromatic carboxylic acids is 1. The number of carboxylic acid groups (broad SMARTS) is 1. The lowest BCUT2D eigenvalue weighted by Gasteiger charge is -1.97. The van der Waals surface area contributed by atoms with Crippen molar-refractivity contribution < 1.29 is 14.4 Å². The van der Waals surface area contributed by atoms with E-state index >= 15 is 0 Å². The third kappa shape index (κ3) is 10.4. The highest BCUT2D eigenvalue weighted by molar-refractivity contribution is 5.86. The monoisotopic (exact) mass is 506 g/mol. The summed E-state index contributed by atoms with van der Waals surface area (Å²) >= 11 is 0. The molecule has 0 fully saturated rings. The minimum Gasteiger partial charge on any atom is -0.476 e. The van der Waals surface area contributed by atoms with Gasteiger partial charge < -0.3 is 5.11 Å². The second kappa shape index (κ2) is 14.9. The molecular formula is C20H34N12O4. The third-order valence-corrected chi connectivity index (χ3v) is 4.19. The number of nitrogens with one attached hydrogen (secondary N) is 4. The first-order valence-electron chi connectivity index (χ1n) is 11.2. The van der Waals surface area contributed by atoms with E-state index in [1.54, 1.807) is 0 Å². The van der Waals surface area contributed by atoms with Crippen LogP contribution >= 0.6 is 0 Å². The van der Waals surface area contributed by atoms with E-state index < -0.39 is 11.7 Å². The van der Waals surface area contributed by atoms with Gasteiger partial charge in [0.25, 0.3) is 0 Å². The number of hydrogen-bond acceptors (Lipinski definition) is 11. The van der Waals surface area contributed by atoms with E-state index in [4.69, 9.17) is 5.11 Å². The normalized spacial score (nSPS) is 10.4. The van der Waals surface area contributed by atoms with Crippen molar-refractivity contribution in [1.29, 1.82) is 0 Å². The van der Waals surface area contributed by atoms with Gasteiger partial charge in [0.15, 0.2) is 17.3 Å². The van der Waals surface area contributed by atoms with E-state index in [-0.39, 0.29) is 17.5 Å². The van der Waals surface area contributed by atoms with E-state index in [0.717, 1.165) is 11.6 Å². The molecule has 0 amide bonds. The fourth-order valence-electron chi connectivity index (χ4n) is 2.20. The van der Waals surface area contributed by atoms with Crippen molar-refractivity contribution in [2.24, 2.45) is 0 Å². The van der Waals surface area contributed by atoms with Gasteiger partial charge in [-0.1, -0.05) is 65.8 Å². The topological polar surface area (TPSA) is 234 Å². The van der Waals surface area contributed by atoms with Crippen LogP contribution in [0.2, 0.25) is 0 Å². The zero-order valence-corrected chi connectivity index (χ0v) is 21.6. The molecule has 0 bridgehead atoms. The summed E-state index contributed by atoms with van der Waals surface area (Å²) in [7, 11) is 0. The van der Waals surface area contributed by atoms with E-state index in [9.17, 15) is 9.59 Å². The first-order chi connectivity index (χ1) is 16.9. The van der Waals surface area contributed by atoms with Crippen molar-refractivity contribution in [3.8, 4) is 0 Å². The second-order valence-corrected chi connectivity index (χ2v) is 8.60. The largest absolute Gasteiger partial charge is 0.476 e. The number of tetrazole rings is 1. The van der Waals surface area contributed by atoms with Gasteiger partial charge in [-0.3, -0.25) is 14.6 Å². The second-order valence-electron chi connectivity index (χ2n) is 8.60. The number of nitrogens with zero attached hydrogens (tertiary/aromatic N) is 8. The number of H-pyrrole nitrogens is 4. The van der Waals surface area contributed by atoms with Crippen LogP contribution in [0.4, 0.5) is 0 Å². The molecule has 0 unspecified atom stereocenters. The van der Waals surface area contributed by atoms with Crippen molar-refractivity contribution in [2.45, 2.75) is 79.1 Å². The molecule has 0 saturated carbocycles. The summed E-state index contributed by atoms with van der Waals surface area (Å²) in [5.74, 6) is 1.92. The van der Waals surface area contributed by atoms with Crippen LogP contribution in [0.3, 0.4) is 0 Å². The first kappa shape index (κ1) is 29.8. The van der Waals surface area contributed by atoms with Gasteiger partial charge in [-0.05, 0) is 5.92 Å². The quantitative estimate of drug-likeness (QED) is 0.262. The molecule has 16 heteroatoms. The van der Waals surface area contributed by atoms with Gasteiger partial charge in [0.1, 0.15) is 12.2 Å². The molecule has 0 aliphatic rings. The Bertz CT molecular complexity index is 1120. The van der Waals surface area contributed by atoms with Crippen molar-refractivity contribution in [3.05, 3.63) is 45.7 Å². The molecule has 16 nitrogen and oxygen atoms in total. The predicted octanol–water partition coefficient (Wildman–Crippen LogP) is 2.36. The van der Waals surface area contributed by atoms with E-state index in [0.29, 0.717) is 23.4 Å². The molecule has 0 aliphatic carbocycles. The Kier molecular flexibility index (Phi) is 12.3. The molecule has 4 aromatic heterocycles. The zero-order valence-electron chi connectivity index (χ0n) is 21.6. The third-order valence-electron chi connectivity index (χ3n) is 4.19. The minimum atomic E-state index is -1.04. The van der Waals surface area contributed by atoms with Crippen LogP contribution in [-0.4, -0.2) is 72.4 Å². The zero-order chi connectivity index (χ0) is 27.3. The highest BCUT2D eigenvalue weighted by Crippen LogP contribution is 2.13. The molecular weight excluding hydrogens is 472 g/mol. The Balaban J connectivity index is 0.000000242. The van der Waals surface area contributed by atoms with Crippen molar-refractivity contribution in [3.63, 3.8) is 0 Å². The lowest BCUT2D eigenvalue weighted by molar-refractivity contribution is 0.0688. The van der Waals surface area contributed by atoms with Gasteiger partial charge in [0.2, 0.25) is 0 Å². The highest BCUT2D eigenvalue weighted by Gasteiger charge is 2.16. The number of carboxylic acids is 1. The Hall–Kier alpha value is -4.24. The Morgan fingerprint density at radius 2 is 1.56 bits per heavy atom. The summed E-state index contributed by atoms with van der Waals surface area (Å²) in [6, 6.07) is 0. The molecule has 4 aromatic rings. The number of carbonyl (C=O) groups is 1. The molecule has 0 saturated heterocycles. The average molecular weight is 507 g/mol. The minimum absolute atomic E-state index is 0.0139. The van der Waals surface area contributed by atoms with Gasteiger partial charge in [0.05, 0.1) is 5.69 Å². The summed E-state index contributed by atoms with van der Waals surface area (Å²) in [5, 5.41) is 41.4. The van der Waals surface area contributed by atoms with Crippen LogP contribution in [0.1, 0.15) is 113 Å². The highest BCUT2D eigenvalue weighted by atomic mass is 16.5. The van der Waals surface area contributed by atoms with Crippen molar-refractivity contribution >= 4 is 5.97 Å². The van der Waals surface area contributed by atoms with Crippen molar-refractivity contribution in [2.75, 3.05) is 0 Å². The van der Waals surface area contributed by atoms with E-state index in [1.165, 1.54) is 6.33 Å². The SMILES string of the molecule is CC(C)c1n[nH]nc1C(=O)O.CC(C)c1ncn[nH]1.CC(C)c1nn[nH]n1.CC(C)c1noc(=O)[nH]1. The summed E-state index contributed by atoms with van der Waals surface area (Å²) < 4.78 is 4.26. The molecule has 0 atom stereocenters. The van der Waals surface area contributed by atoms with Crippen LogP contribution in [0.25, 0.3) is 0 Å². The van der Waals surface area contributed by atoms with Gasteiger partial charge in [0, 0.05) is 17.8 Å². The predicted molar refractivity (Wildman–Crippen MR) is 127 cm³/mol. The average Bonchev–Trinajstić information content (AvgIpc) is 3.62. The number of aromatic amines is 4. The molecule has 0 radical (unpaired) electrons. The maximum atomic E-state index is 10.5. The van der Waals surface area contributed by atoms with E-state index in [2.05, 4.69) is 79.7 Å². The number of aromatic nitrogens is 12. The Morgan fingerprint density at radius 1 is 0.889 bits per heavy atom. The van der Waals surface area contributed by atoms with Crippen LogP contribution < -0.4 is 5.76 Å². The summed E-state index contributed by atoms with van der Waals surface area (Å²) in [4.78, 5) is 27.2. The van der Waals surface area contributed by atoms with Crippen LogP contribution in [0.15, 0.2) is 15.6 Å². The maximum absolute atomic E-state index is 10.5. The molecule has 0 spiro atoms. The summed E-state index contributed by atoms with van der Waals surface area (Å²) in [5.41, 5.74) is 0.512. The maximum Gasteiger partial charge on any atom is 0.438 e. The van der Waals surface area contributed by atoms with Crippen molar-refractivity contribution in [1.82, 2.24) is 61.4 Å².